The van der Waals surface area contributed by atoms with Crippen LogP contribution in [0.4, 0.5) is 4.39 Å². The second-order valence-electron chi connectivity index (χ2n) is 8.02. The van der Waals surface area contributed by atoms with E-state index in [2.05, 4.69) is 20.5 Å². The predicted molar refractivity (Wildman–Crippen MR) is 148 cm³/mol. The molecule has 5 rings (SSSR count). The number of benzene rings is 3. The van der Waals surface area contributed by atoms with E-state index in [1.807, 2.05) is 53.1 Å². The molecular formula is C27H21ClFN5O2S2. The Morgan fingerprint density at radius 1 is 1.08 bits per heavy atom. The molecule has 5 aromatic rings. The minimum atomic E-state index is -0.317. The van der Waals surface area contributed by atoms with Crippen molar-refractivity contribution in [2.75, 3.05) is 7.11 Å². The molecule has 0 atom stereocenters. The molecule has 0 aliphatic carbocycles. The van der Waals surface area contributed by atoms with Gasteiger partial charge in [-0.2, -0.15) is 0 Å². The summed E-state index contributed by atoms with van der Waals surface area (Å²) in [5, 5.41) is 15.4. The molecule has 0 fully saturated rings. The standard InChI is InChI=1S/C27H21ClFN5O2S2/c1-36-23-9-5-4-8-22(23)34-25(19-6-2-3-7-20(19)28)32-33-27(34)38-16-24-31-21(15-37-24)26(35)30-14-17-10-12-18(29)13-11-17/h2-13,15H,14,16H2,1H3,(H,30,35). The fourth-order valence-electron chi connectivity index (χ4n) is 3.70. The summed E-state index contributed by atoms with van der Waals surface area (Å²) in [6.45, 7) is 0.285. The Balaban J connectivity index is 1.35. The molecule has 1 N–H and O–H groups in total. The van der Waals surface area contributed by atoms with Crippen molar-refractivity contribution in [3.8, 4) is 22.8 Å². The lowest BCUT2D eigenvalue weighted by Crippen LogP contribution is -2.23. The fraction of sp³-hybridized carbons (Fsp3) is 0.111. The third-order valence-corrected chi connectivity index (χ3v) is 7.85. The Kier molecular flexibility index (Phi) is 8.02. The molecular weight excluding hydrogens is 545 g/mol. The van der Waals surface area contributed by atoms with Crippen LogP contribution in [-0.4, -0.2) is 32.8 Å². The monoisotopic (exact) mass is 565 g/mol. The Bertz CT molecular complexity index is 1570. The highest BCUT2D eigenvalue weighted by molar-refractivity contribution is 7.98. The molecule has 0 bridgehead atoms. The summed E-state index contributed by atoms with van der Waals surface area (Å²) >= 11 is 9.33. The number of hydrogen-bond acceptors (Lipinski definition) is 7. The Morgan fingerprint density at radius 3 is 2.63 bits per heavy atom. The predicted octanol–water partition coefficient (Wildman–Crippen LogP) is 6.41. The van der Waals surface area contributed by atoms with Crippen molar-refractivity contribution in [1.82, 2.24) is 25.1 Å². The molecule has 192 valence electrons. The Morgan fingerprint density at radius 2 is 1.84 bits per heavy atom. The van der Waals surface area contributed by atoms with Crippen LogP contribution in [0, 0.1) is 5.82 Å². The molecule has 0 saturated heterocycles. The number of methoxy groups -OCH3 is 1. The second-order valence-corrected chi connectivity index (χ2v) is 10.3. The molecule has 38 heavy (non-hydrogen) atoms. The van der Waals surface area contributed by atoms with Crippen molar-refractivity contribution < 1.29 is 13.9 Å². The van der Waals surface area contributed by atoms with Gasteiger partial charge in [0.15, 0.2) is 11.0 Å². The Labute approximate surface area is 231 Å². The molecule has 1 amide bonds. The topological polar surface area (TPSA) is 81.9 Å². The van der Waals surface area contributed by atoms with E-state index >= 15 is 0 Å². The normalized spacial score (nSPS) is 10.9. The number of para-hydroxylation sites is 2. The zero-order valence-electron chi connectivity index (χ0n) is 20.1. The van der Waals surface area contributed by atoms with E-state index in [1.54, 1.807) is 24.6 Å². The van der Waals surface area contributed by atoms with Crippen molar-refractivity contribution in [2.24, 2.45) is 0 Å². The van der Waals surface area contributed by atoms with Crippen LogP contribution in [0.1, 0.15) is 21.1 Å². The van der Waals surface area contributed by atoms with Gasteiger partial charge in [0.1, 0.15) is 22.3 Å². The van der Waals surface area contributed by atoms with Crippen LogP contribution >= 0.6 is 34.7 Å². The van der Waals surface area contributed by atoms with E-state index in [4.69, 9.17) is 16.3 Å². The summed E-state index contributed by atoms with van der Waals surface area (Å²) < 4.78 is 20.6. The van der Waals surface area contributed by atoms with Crippen molar-refractivity contribution in [3.63, 3.8) is 0 Å². The van der Waals surface area contributed by atoms with Crippen LogP contribution in [0.2, 0.25) is 5.02 Å². The maximum absolute atomic E-state index is 13.1. The first-order valence-corrected chi connectivity index (χ1v) is 13.7. The highest BCUT2D eigenvalue weighted by Gasteiger charge is 2.21. The number of aromatic nitrogens is 4. The van der Waals surface area contributed by atoms with Crippen LogP contribution in [0.5, 0.6) is 5.75 Å². The summed E-state index contributed by atoms with van der Waals surface area (Å²) in [4.78, 5) is 17.1. The summed E-state index contributed by atoms with van der Waals surface area (Å²) in [5.41, 5.74) is 2.65. The summed E-state index contributed by atoms with van der Waals surface area (Å²) in [7, 11) is 1.61. The molecule has 0 spiro atoms. The molecule has 0 radical (unpaired) electrons. The number of hydrogen-bond donors (Lipinski definition) is 1. The number of carbonyl (C=O) groups is 1. The molecule has 0 aliphatic rings. The minimum Gasteiger partial charge on any atom is -0.495 e. The SMILES string of the molecule is COc1ccccc1-n1c(SCc2nc(C(=O)NCc3ccc(F)cc3)cs2)nnc1-c1ccccc1Cl. The van der Waals surface area contributed by atoms with Gasteiger partial charge in [-0.3, -0.25) is 9.36 Å². The lowest BCUT2D eigenvalue weighted by atomic mass is 10.2. The van der Waals surface area contributed by atoms with Crippen molar-refractivity contribution in [2.45, 2.75) is 17.5 Å². The van der Waals surface area contributed by atoms with Gasteiger partial charge in [0, 0.05) is 17.5 Å². The largest absolute Gasteiger partial charge is 0.495 e. The molecule has 2 aromatic heterocycles. The second kappa shape index (κ2) is 11.8. The minimum absolute atomic E-state index is 0.285. The van der Waals surface area contributed by atoms with E-state index in [0.717, 1.165) is 21.8 Å². The van der Waals surface area contributed by atoms with Crippen LogP contribution in [0.15, 0.2) is 83.3 Å². The molecule has 0 aliphatic heterocycles. The highest BCUT2D eigenvalue weighted by Crippen LogP contribution is 2.36. The number of thioether (sulfide) groups is 1. The number of ether oxygens (including phenoxy) is 1. The first-order chi connectivity index (χ1) is 18.5. The maximum atomic E-state index is 13.1. The van der Waals surface area contributed by atoms with E-state index in [1.165, 1.54) is 35.2 Å². The quantitative estimate of drug-likeness (QED) is 0.208. The van der Waals surface area contributed by atoms with Gasteiger partial charge in [0.05, 0.1) is 23.6 Å². The van der Waals surface area contributed by atoms with E-state index in [0.29, 0.717) is 33.2 Å². The van der Waals surface area contributed by atoms with Gasteiger partial charge in [0.25, 0.3) is 5.91 Å². The highest BCUT2D eigenvalue weighted by atomic mass is 35.5. The molecule has 2 heterocycles. The summed E-state index contributed by atoms with van der Waals surface area (Å²) in [6.07, 6.45) is 0. The summed E-state index contributed by atoms with van der Waals surface area (Å²) in [5.74, 6) is 1.12. The van der Waals surface area contributed by atoms with E-state index in [-0.39, 0.29) is 18.3 Å². The molecule has 11 heteroatoms. The zero-order valence-corrected chi connectivity index (χ0v) is 22.5. The van der Waals surface area contributed by atoms with Gasteiger partial charge in [-0.15, -0.1) is 21.5 Å². The van der Waals surface area contributed by atoms with Crippen LogP contribution in [0.25, 0.3) is 17.1 Å². The van der Waals surface area contributed by atoms with E-state index < -0.39 is 0 Å². The van der Waals surface area contributed by atoms with Gasteiger partial charge < -0.3 is 10.1 Å². The maximum Gasteiger partial charge on any atom is 0.271 e. The first kappa shape index (κ1) is 25.9. The number of rotatable bonds is 9. The molecule has 3 aromatic carbocycles. The number of thiazole rings is 1. The lowest BCUT2D eigenvalue weighted by Gasteiger charge is -2.14. The number of nitrogens with zero attached hydrogens (tertiary/aromatic N) is 4. The van der Waals surface area contributed by atoms with Gasteiger partial charge >= 0.3 is 0 Å². The number of amides is 1. The molecule has 0 saturated carbocycles. The third kappa shape index (κ3) is 5.72. The van der Waals surface area contributed by atoms with Crippen molar-refractivity contribution in [1.29, 1.82) is 0 Å². The van der Waals surface area contributed by atoms with Gasteiger partial charge in [0.2, 0.25) is 0 Å². The molecule has 7 nitrogen and oxygen atoms in total. The van der Waals surface area contributed by atoms with Crippen LogP contribution in [0.3, 0.4) is 0 Å². The van der Waals surface area contributed by atoms with Gasteiger partial charge in [-0.25, -0.2) is 9.37 Å². The summed E-state index contributed by atoms with van der Waals surface area (Å²) in [6, 6.07) is 21.1. The third-order valence-electron chi connectivity index (χ3n) is 5.55. The van der Waals surface area contributed by atoms with Crippen molar-refractivity contribution in [3.05, 3.63) is 105 Å². The van der Waals surface area contributed by atoms with Gasteiger partial charge in [-0.05, 0) is 42.0 Å². The van der Waals surface area contributed by atoms with Crippen LogP contribution in [-0.2, 0) is 12.3 Å². The zero-order chi connectivity index (χ0) is 26.5. The first-order valence-electron chi connectivity index (χ1n) is 11.5. The van der Waals surface area contributed by atoms with E-state index in [9.17, 15) is 9.18 Å². The Hall–Kier alpha value is -3.73. The fourth-order valence-corrected chi connectivity index (χ4v) is 5.65. The smallest absolute Gasteiger partial charge is 0.271 e. The van der Waals surface area contributed by atoms with Gasteiger partial charge in [-0.1, -0.05) is 59.8 Å². The number of nitrogens with one attached hydrogen (secondary N) is 1. The molecule has 0 unspecified atom stereocenters. The average Bonchev–Trinajstić information content (AvgIpc) is 3.59. The average molecular weight is 566 g/mol. The van der Waals surface area contributed by atoms with Crippen molar-refractivity contribution >= 4 is 40.6 Å². The number of carbonyl (C=O) groups excluding carboxylic acids is 1. The number of halogens is 2. The lowest BCUT2D eigenvalue weighted by molar-refractivity contribution is 0.0946. The van der Waals surface area contributed by atoms with Crippen LogP contribution < -0.4 is 10.1 Å².